The Labute approximate surface area is 123 Å². The number of H-pyrrole nitrogens is 1. The lowest BCUT2D eigenvalue weighted by Crippen LogP contribution is -2.42. The number of esters is 1. The molecule has 0 aliphatic heterocycles. The number of para-hydroxylation sites is 1. The Bertz CT molecular complexity index is 634. The van der Waals surface area contributed by atoms with Crippen molar-refractivity contribution in [2.24, 2.45) is 0 Å². The summed E-state index contributed by atoms with van der Waals surface area (Å²) in [4.78, 5) is 27.0. The molecule has 1 heterocycles. The van der Waals surface area contributed by atoms with Gasteiger partial charge in [0, 0.05) is 10.9 Å². The molecule has 0 spiro atoms. The van der Waals surface area contributed by atoms with Crippen LogP contribution in [0.2, 0.25) is 0 Å². The second kappa shape index (κ2) is 5.60. The summed E-state index contributed by atoms with van der Waals surface area (Å²) in [6.07, 6.45) is 0. The number of hydrogen-bond acceptors (Lipinski definition) is 3. The number of fused-ring (bicyclic) bond motifs is 1. The average Bonchev–Trinajstić information content (AvgIpc) is 2.80. The Morgan fingerprint density at radius 2 is 1.90 bits per heavy atom. The first kappa shape index (κ1) is 15.1. The molecular weight excluding hydrogens is 268 g/mol. The van der Waals surface area contributed by atoms with Crippen molar-refractivity contribution in [3.8, 4) is 0 Å². The van der Waals surface area contributed by atoms with E-state index in [-0.39, 0.29) is 5.91 Å². The van der Waals surface area contributed by atoms with Gasteiger partial charge in [0.25, 0.3) is 5.91 Å². The second-order valence-corrected chi connectivity index (χ2v) is 6.00. The van der Waals surface area contributed by atoms with Gasteiger partial charge in [-0.15, -0.1) is 0 Å². The molecule has 0 radical (unpaired) electrons. The third kappa shape index (κ3) is 3.84. The number of amides is 1. The van der Waals surface area contributed by atoms with E-state index in [1.165, 1.54) is 0 Å². The average molecular weight is 288 g/mol. The van der Waals surface area contributed by atoms with Crippen LogP contribution >= 0.6 is 0 Å². The number of ether oxygens (including phenoxy) is 1. The molecule has 0 aliphatic carbocycles. The molecule has 0 aliphatic rings. The number of nitrogens with one attached hydrogen (secondary N) is 2. The fourth-order valence-corrected chi connectivity index (χ4v) is 1.92. The van der Waals surface area contributed by atoms with E-state index < -0.39 is 17.6 Å². The second-order valence-electron chi connectivity index (χ2n) is 6.00. The zero-order valence-corrected chi connectivity index (χ0v) is 12.7. The zero-order chi connectivity index (χ0) is 15.6. The normalized spacial score (nSPS) is 13.0. The van der Waals surface area contributed by atoms with Crippen LogP contribution in [-0.2, 0) is 9.53 Å². The van der Waals surface area contributed by atoms with E-state index in [2.05, 4.69) is 10.3 Å². The van der Waals surface area contributed by atoms with Crippen molar-refractivity contribution < 1.29 is 14.3 Å². The zero-order valence-electron chi connectivity index (χ0n) is 12.7. The van der Waals surface area contributed by atoms with E-state index in [0.29, 0.717) is 5.69 Å². The van der Waals surface area contributed by atoms with Crippen LogP contribution in [0.15, 0.2) is 30.3 Å². The number of carbonyl (C=O) groups is 2. The lowest BCUT2D eigenvalue weighted by atomic mass is 10.2. The molecule has 5 nitrogen and oxygen atoms in total. The summed E-state index contributed by atoms with van der Waals surface area (Å²) < 4.78 is 5.23. The van der Waals surface area contributed by atoms with Crippen LogP contribution in [0, 0.1) is 0 Å². The minimum atomic E-state index is -0.705. The molecule has 1 aromatic carbocycles. The van der Waals surface area contributed by atoms with Crippen molar-refractivity contribution in [3.05, 3.63) is 36.0 Å². The first-order valence-corrected chi connectivity index (χ1v) is 6.88. The third-order valence-electron chi connectivity index (χ3n) is 2.88. The van der Waals surface area contributed by atoms with Gasteiger partial charge in [0.1, 0.15) is 17.3 Å². The standard InChI is InChI=1S/C16H20N2O3/c1-10(15(20)21-16(2,3)4)17-14(19)13-9-11-7-5-6-8-12(11)18-13/h5-10,18H,1-4H3,(H,17,19)/t10-/m0/s1. The Morgan fingerprint density at radius 1 is 1.24 bits per heavy atom. The van der Waals surface area contributed by atoms with Crippen LogP contribution in [0.1, 0.15) is 38.2 Å². The van der Waals surface area contributed by atoms with Gasteiger partial charge in [0.15, 0.2) is 0 Å². The van der Waals surface area contributed by atoms with Gasteiger partial charge in [-0.05, 0) is 39.8 Å². The molecule has 1 atom stereocenters. The number of hydrogen-bond donors (Lipinski definition) is 2. The highest BCUT2D eigenvalue weighted by Crippen LogP contribution is 2.15. The summed E-state index contributed by atoms with van der Waals surface area (Å²) in [7, 11) is 0. The molecule has 1 aromatic heterocycles. The molecule has 1 amide bonds. The van der Waals surface area contributed by atoms with Crippen molar-refractivity contribution in [2.45, 2.75) is 39.3 Å². The fourth-order valence-electron chi connectivity index (χ4n) is 1.92. The van der Waals surface area contributed by atoms with Gasteiger partial charge < -0.3 is 15.0 Å². The van der Waals surface area contributed by atoms with Crippen LogP contribution in [0.25, 0.3) is 10.9 Å². The van der Waals surface area contributed by atoms with Gasteiger partial charge in [-0.1, -0.05) is 18.2 Å². The first-order chi connectivity index (χ1) is 9.76. The maximum absolute atomic E-state index is 12.1. The largest absolute Gasteiger partial charge is 0.458 e. The van der Waals surface area contributed by atoms with Crippen molar-refractivity contribution in [1.29, 1.82) is 0 Å². The Hall–Kier alpha value is -2.30. The molecular formula is C16H20N2O3. The summed E-state index contributed by atoms with van der Waals surface area (Å²) in [6, 6.07) is 8.66. The Morgan fingerprint density at radius 3 is 2.52 bits per heavy atom. The van der Waals surface area contributed by atoms with Crippen LogP contribution in [-0.4, -0.2) is 28.5 Å². The Kier molecular flexibility index (Phi) is 4.02. The van der Waals surface area contributed by atoms with E-state index in [1.807, 2.05) is 24.3 Å². The van der Waals surface area contributed by atoms with E-state index in [0.717, 1.165) is 10.9 Å². The number of aromatic nitrogens is 1. The van der Waals surface area contributed by atoms with Gasteiger partial charge >= 0.3 is 5.97 Å². The van der Waals surface area contributed by atoms with Crippen molar-refractivity contribution >= 4 is 22.8 Å². The summed E-state index contributed by atoms with van der Waals surface area (Å²) in [6.45, 7) is 6.97. The minimum absolute atomic E-state index is 0.329. The summed E-state index contributed by atoms with van der Waals surface area (Å²) in [5, 5.41) is 3.59. The lowest BCUT2D eigenvalue weighted by molar-refractivity contribution is -0.156. The molecule has 0 bridgehead atoms. The van der Waals surface area contributed by atoms with Gasteiger partial charge in [-0.25, -0.2) is 4.79 Å². The molecule has 2 rings (SSSR count). The van der Waals surface area contributed by atoms with Crippen LogP contribution in [0.4, 0.5) is 0 Å². The molecule has 2 aromatic rings. The highest BCUT2D eigenvalue weighted by atomic mass is 16.6. The van der Waals surface area contributed by atoms with E-state index in [1.54, 1.807) is 33.8 Å². The molecule has 5 heteroatoms. The maximum Gasteiger partial charge on any atom is 0.328 e. The topological polar surface area (TPSA) is 71.2 Å². The summed E-state index contributed by atoms with van der Waals surface area (Å²) >= 11 is 0. The van der Waals surface area contributed by atoms with Crippen LogP contribution in [0.5, 0.6) is 0 Å². The van der Waals surface area contributed by atoms with Crippen LogP contribution < -0.4 is 5.32 Å². The smallest absolute Gasteiger partial charge is 0.328 e. The molecule has 0 unspecified atom stereocenters. The van der Waals surface area contributed by atoms with Crippen LogP contribution in [0.3, 0.4) is 0 Å². The van der Waals surface area contributed by atoms with Crippen molar-refractivity contribution in [3.63, 3.8) is 0 Å². The molecule has 0 saturated carbocycles. The number of benzene rings is 1. The SMILES string of the molecule is C[C@H](NC(=O)c1cc2ccccc2[nH]1)C(=O)OC(C)(C)C. The third-order valence-corrected chi connectivity index (χ3v) is 2.88. The molecule has 0 saturated heterocycles. The van der Waals surface area contributed by atoms with Gasteiger partial charge in [-0.2, -0.15) is 0 Å². The highest BCUT2D eigenvalue weighted by Gasteiger charge is 2.23. The quantitative estimate of drug-likeness (QED) is 0.853. The van der Waals surface area contributed by atoms with Gasteiger partial charge in [0.2, 0.25) is 0 Å². The molecule has 0 fully saturated rings. The molecule has 112 valence electrons. The maximum atomic E-state index is 12.1. The predicted octanol–water partition coefficient (Wildman–Crippen LogP) is 2.63. The minimum Gasteiger partial charge on any atom is -0.458 e. The number of rotatable bonds is 3. The van der Waals surface area contributed by atoms with Crippen molar-refractivity contribution in [1.82, 2.24) is 10.3 Å². The summed E-state index contributed by atoms with van der Waals surface area (Å²) in [5.74, 6) is -0.781. The number of aromatic amines is 1. The van der Waals surface area contributed by atoms with Crippen molar-refractivity contribution in [2.75, 3.05) is 0 Å². The van der Waals surface area contributed by atoms with Gasteiger partial charge in [-0.3, -0.25) is 4.79 Å². The first-order valence-electron chi connectivity index (χ1n) is 6.88. The van der Waals surface area contributed by atoms with E-state index >= 15 is 0 Å². The van der Waals surface area contributed by atoms with E-state index in [4.69, 9.17) is 4.74 Å². The monoisotopic (exact) mass is 288 g/mol. The lowest BCUT2D eigenvalue weighted by Gasteiger charge is -2.22. The predicted molar refractivity (Wildman–Crippen MR) is 81.1 cm³/mol. The fraction of sp³-hybridized carbons (Fsp3) is 0.375. The van der Waals surface area contributed by atoms with E-state index in [9.17, 15) is 9.59 Å². The Balaban J connectivity index is 2.05. The van der Waals surface area contributed by atoms with Gasteiger partial charge in [0.05, 0.1) is 0 Å². The highest BCUT2D eigenvalue weighted by molar-refractivity contribution is 5.99. The summed E-state index contributed by atoms with van der Waals surface area (Å²) in [5.41, 5.74) is 0.733. The molecule has 21 heavy (non-hydrogen) atoms. The molecule has 2 N–H and O–H groups in total. The number of carbonyl (C=O) groups excluding carboxylic acids is 2.